The van der Waals surface area contributed by atoms with Gasteiger partial charge in [0, 0.05) is 19.8 Å². The number of aliphatic hydroxyl groups is 1. The van der Waals surface area contributed by atoms with Crippen LogP contribution in [0.15, 0.2) is 0 Å². The Kier molecular flexibility index (Phi) is 10.8. The summed E-state index contributed by atoms with van der Waals surface area (Å²) in [7, 11) is 0. The molecule has 0 heterocycles. The highest BCUT2D eigenvalue weighted by molar-refractivity contribution is 4.47. The Labute approximate surface area is 75.1 Å². The maximum absolute atomic E-state index is 8.50. The molecule has 0 aromatic heterocycles. The number of hydrogen-bond donors (Lipinski definition) is 2. The first-order valence-electron chi connectivity index (χ1n) is 4.81. The summed E-state index contributed by atoms with van der Waals surface area (Å²) in [4.78, 5) is 0. The highest BCUT2D eigenvalue weighted by atomic mass is 16.5. The summed E-state index contributed by atoms with van der Waals surface area (Å²) in [5, 5.41) is 11.8. The van der Waals surface area contributed by atoms with Gasteiger partial charge in [-0.3, -0.25) is 0 Å². The van der Waals surface area contributed by atoms with Crippen LogP contribution in [-0.4, -0.2) is 38.0 Å². The Morgan fingerprint density at radius 3 is 2.67 bits per heavy atom. The molecule has 0 aromatic rings. The van der Waals surface area contributed by atoms with Gasteiger partial charge in [-0.25, -0.2) is 0 Å². The molecule has 3 heteroatoms. The van der Waals surface area contributed by atoms with Crippen LogP contribution in [-0.2, 0) is 4.74 Å². The molecule has 0 aromatic carbocycles. The Morgan fingerprint density at radius 2 is 2.00 bits per heavy atom. The zero-order valence-electron chi connectivity index (χ0n) is 8.01. The van der Waals surface area contributed by atoms with E-state index in [-0.39, 0.29) is 0 Å². The summed E-state index contributed by atoms with van der Waals surface area (Å²) >= 11 is 0. The third-order valence-electron chi connectivity index (χ3n) is 1.64. The zero-order chi connectivity index (χ0) is 9.07. The van der Waals surface area contributed by atoms with E-state index in [0.29, 0.717) is 6.61 Å². The lowest BCUT2D eigenvalue weighted by atomic mass is 10.2. The van der Waals surface area contributed by atoms with Crippen molar-refractivity contribution in [3.05, 3.63) is 0 Å². The van der Waals surface area contributed by atoms with Gasteiger partial charge in [-0.15, -0.1) is 0 Å². The van der Waals surface area contributed by atoms with Crippen LogP contribution in [0.2, 0.25) is 0 Å². The van der Waals surface area contributed by atoms with E-state index in [1.54, 1.807) is 0 Å². The third kappa shape index (κ3) is 9.88. The van der Waals surface area contributed by atoms with Gasteiger partial charge in [0.2, 0.25) is 0 Å². The van der Waals surface area contributed by atoms with Crippen molar-refractivity contribution in [3.8, 4) is 0 Å². The highest BCUT2D eigenvalue weighted by Gasteiger charge is 1.88. The van der Waals surface area contributed by atoms with E-state index in [2.05, 4.69) is 5.32 Å². The SMILES string of the molecule is CCOCCNCCCCCO. The molecule has 0 aliphatic rings. The number of ether oxygens (including phenoxy) is 1. The van der Waals surface area contributed by atoms with E-state index >= 15 is 0 Å². The largest absolute Gasteiger partial charge is 0.396 e. The molecule has 74 valence electrons. The average molecular weight is 175 g/mol. The van der Waals surface area contributed by atoms with Crippen molar-refractivity contribution >= 4 is 0 Å². The molecule has 0 atom stereocenters. The minimum absolute atomic E-state index is 0.318. The molecule has 0 amide bonds. The van der Waals surface area contributed by atoms with Crippen molar-refractivity contribution in [2.24, 2.45) is 0 Å². The van der Waals surface area contributed by atoms with Gasteiger partial charge in [0.25, 0.3) is 0 Å². The number of rotatable bonds is 9. The fourth-order valence-electron chi connectivity index (χ4n) is 0.952. The van der Waals surface area contributed by atoms with Gasteiger partial charge >= 0.3 is 0 Å². The molecule has 0 aliphatic heterocycles. The lowest BCUT2D eigenvalue weighted by molar-refractivity contribution is 0.149. The second-order valence-corrected chi connectivity index (χ2v) is 2.73. The van der Waals surface area contributed by atoms with Crippen LogP contribution in [0.4, 0.5) is 0 Å². The average Bonchev–Trinajstić information content (AvgIpc) is 2.10. The van der Waals surface area contributed by atoms with E-state index in [1.165, 1.54) is 0 Å². The van der Waals surface area contributed by atoms with Crippen molar-refractivity contribution in [1.82, 2.24) is 5.32 Å². The van der Waals surface area contributed by atoms with Gasteiger partial charge in [-0.05, 0) is 32.7 Å². The number of unbranched alkanes of at least 4 members (excludes halogenated alkanes) is 2. The van der Waals surface area contributed by atoms with Gasteiger partial charge < -0.3 is 15.2 Å². The molecule has 0 spiro atoms. The molecule has 0 bridgehead atoms. The van der Waals surface area contributed by atoms with Gasteiger partial charge in [-0.2, -0.15) is 0 Å². The summed E-state index contributed by atoms with van der Waals surface area (Å²) in [6, 6.07) is 0. The zero-order valence-corrected chi connectivity index (χ0v) is 8.01. The van der Waals surface area contributed by atoms with E-state index in [4.69, 9.17) is 9.84 Å². The van der Waals surface area contributed by atoms with E-state index in [0.717, 1.165) is 45.6 Å². The van der Waals surface area contributed by atoms with Crippen LogP contribution in [0, 0.1) is 0 Å². The molecule has 0 fully saturated rings. The molecule has 3 nitrogen and oxygen atoms in total. The monoisotopic (exact) mass is 175 g/mol. The topological polar surface area (TPSA) is 41.5 Å². The third-order valence-corrected chi connectivity index (χ3v) is 1.64. The van der Waals surface area contributed by atoms with E-state index in [9.17, 15) is 0 Å². The maximum Gasteiger partial charge on any atom is 0.0590 e. The van der Waals surface area contributed by atoms with Crippen LogP contribution in [0.5, 0.6) is 0 Å². The smallest absolute Gasteiger partial charge is 0.0590 e. The summed E-state index contributed by atoms with van der Waals surface area (Å²) in [6.07, 6.45) is 3.18. The quantitative estimate of drug-likeness (QED) is 0.509. The van der Waals surface area contributed by atoms with Crippen molar-refractivity contribution < 1.29 is 9.84 Å². The lowest BCUT2D eigenvalue weighted by Crippen LogP contribution is -2.20. The highest BCUT2D eigenvalue weighted by Crippen LogP contribution is 1.91. The fourth-order valence-corrected chi connectivity index (χ4v) is 0.952. The molecular formula is C9H21NO2. The van der Waals surface area contributed by atoms with Gasteiger partial charge in [0.05, 0.1) is 6.61 Å². The van der Waals surface area contributed by atoms with Crippen LogP contribution >= 0.6 is 0 Å². The summed E-state index contributed by atoms with van der Waals surface area (Å²) < 4.78 is 5.16. The van der Waals surface area contributed by atoms with Gasteiger partial charge in [-0.1, -0.05) is 0 Å². The molecule has 0 saturated heterocycles. The lowest BCUT2D eigenvalue weighted by Gasteiger charge is -2.03. The molecule has 0 radical (unpaired) electrons. The van der Waals surface area contributed by atoms with Crippen molar-refractivity contribution in [1.29, 1.82) is 0 Å². The molecule has 0 saturated carbocycles. The van der Waals surface area contributed by atoms with Crippen molar-refractivity contribution in [2.75, 3.05) is 32.9 Å². The number of hydrogen-bond acceptors (Lipinski definition) is 3. The molecular weight excluding hydrogens is 154 g/mol. The van der Waals surface area contributed by atoms with Crippen LogP contribution in [0.1, 0.15) is 26.2 Å². The minimum atomic E-state index is 0.318. The first kappa shape index (κ1) is 11.9. The second-order valence-electron chi connectivity index (χ2n) is 2.73. The van der Waals surface area contributed by atoms with Crippen LogP contribution in [0.25, 0.3) is 0 Å². The first-order chi connectivity index (χ1) is 5.91. The van der Waals surface area contributed by atoms with Crippen LogP contribution < -0.4 is 5.32 Å². The summed E-state index contributed by atoms with van der Waals surface area (Å²) in [5.74, 6) is 0. The predicted molar refractivity (Wildman–Crippen MR) is 50.3 cm³/mol. The summed E-state index contributed by atoms with van der Waals surface area (Å²) in [5.41, 5.74) is 0. The minimum Gasteiger partial charge on any atom is -0.396 e. The normalized spacial score (nSPS) is 10.5. The molecule has 12 heavy (non-hydrogen) atoms. The van der Waals surface area contributed by atoms with Crippen LogP contribution in [0.3, 0.4) is 0 Å². The van der Waals surface area contributed by atoms with Gasteiger partial charge in [0.1, 0.15) is 0 Å². The standard InChI is InChI=1S/C9H21NO2/c1-2-12-9-7-10-6-4-3-5-8-11/h10-11H,2-9H2,1H3. The first-order valence-corrected chi connectivity index (χ1v) is 4.81. The maximum atomic E-state index is 8.50. The summed E-state index contributed by atoms with van der Waals surface area (Å²) in [6.45, 7) is 5.89. The molecule has 0 rings (SSSR count). The predicted octanol–water partition coefficient (Wildman–Crippen LogP) is 0.775. The van der Waals surface area contributed by atoms with Gasteiger partial charge in [0.15, 0.2) is 0 Å². The Balaban J connectivity index is 2.73. The number of aliphatic hydroxyl groups excluding tert-OH is 1. The number of nitrogens with one attached hydrogen (secondary N) is 1. The van der Waals surface area contributed by atoms with E-state index < -0.39 is 0 Å². The van der Waals surface area contributed by atoms with E-state index in [1.807, 2.05) is 6.92 Å². The van der Waals surface area contributed by atoms with Crippen molar-refractivity contribution in [2.45, 2.75) is 26.2 Å². The Hall–Kier alpha value is -0.120. The molecule has 0 unspecified atom stereocenters. The fraction of sp³-hybridized carbons (Fsp3) is 1.00. The molecule has 0 aliphatic carbocycles. The molecule has 2 N–H and O–H groups in total. The Morgan fingerprint density at radius 1 is 1.17 bits per heavy atom. The Bertz CT molecular complexity index is 68.9. The second kappa shape index (κ2) is 10.9. The van der Waals surface area contributed by atoms with Crippen molar-refractivity contribution in [3.63, 3.8) is 0 Å².